The summed E-state index contributed by atoms with van der Waals surface area (Å²) in [6.45, 7) is 2.84. The van der Waals surface area contributed by atoms with Gasteiger partial charge in [-0.1, -0.05) is 69.0 Å². The van der Waals surface area contributed by atoms with Crippen molar-refractivity contribution in [1.82, 2.24) is 5.32 Å². The first-order valence-corrected chi connectivity index (χ1v) is 16.2. The standard InChI is InChI=1S/C38H41FN2O7/c1-2-3-4-5-8-23-47-31-21-15-28(16-22-31)38(46)48-32-19-11-26(12-20-32)24-34(37(44)45)41-36(43)27-13-17-30(18-14-27)40-35(42)25-29-9-6-7-10-33(29)39/h6-7,9-15,17-22,28,34H,2-5,8,16,23-25H2,1H3,(H,40,42)(H,41,43)(H,44,45)/t28?,34-/m0/s1. The average Bonchev–Trinajstić information content (AvgIpc) is 3.08. The quantitative estimate of drug-likeness (QED) is 0.0829. The van der Waals surface area contributed by atoms with Crippen molar-refractivity contribution in [1.29, 1.82) is 0 Å². The molecule has 1 aliphatic rings. The van der Waals surface area contributed by atoms with E-state index in [9.17, 15) is 28.7 Å². The molecule has 3 N–H and O–H groups in total. The number of carbonyl (C=O) groups is 4. The number of aliphatic carboxylic acids is 1. The van der Waals surface area contributed by atoms with E-state index in [0.29, 0.717) is 30.0 Å². The van der Waals surface area contributed by atoms with E-state index < -0.39 is 41.5 Å². The van der Waals surface area contributed by atoms with Gasteiger partial charge in [0, 0.05) is 17.7 Å². The molecular formula is C38H41FN2O7. The zero-order valence-corrected chi connectivity index (χ0v) is 27.0. The molecule has 3 aromatic rings. The minimum absolute atomic E-state index is 0.00295. The van der Waals surface area contributed by atoms with Crippen molar-refractivity contribution in [3.8, 4) is 5.75 Å². The molecule has 252 valence electrons. The predicted octanol–water partition coefficient (Wildman–Crippen LogP) is 6.79. The van der Waals surface area contributed by atoms with Crippen LogP contribution in [-0.2, 0) is 32.0 Å². The maximum absolute atomic E-state index is 13.8. The van der Waals surface area contributed by atoms with Gasteiger partial charge in [0.15, 0.2) is 0 Å². The number of amides is 2. The molecule has 0 saturated carbocycles. The molecule has 4 rings (SSSR count). The number of ether oxygens (including phenoxy) is 2. The third-order valence-electron chi connectivity index (χ3n) is 7.81. The smallest absolute Gasteiger partial charge is 0.326 e. The lowest BCUT2D eigenvalue weighted by atomic mass is 10.0. The topological polar surface area (TPSA) is 131 Å². The van der Waals surface area contributed by atoms with Crippen LogP contribution >= 0.6 is 0 Å². The SMILES string of the molecule is CCCCCCCOC1=CCC(C(=O)Oc2ccc(C[C@H](NC(=O)c3ccc(NC(=O)Cc4ccccc4F)cc3)C(=O)O)cc2)C=C1. The van der Waals surface area contributed by atoms with Gasteiger partial charge in [0.2, 0.25) is 5.91 Å². The summed E-state index contributed by atoms with van der Waals surface area (Å²) in [4.78, 5) is 49.8. The number of hydrogen-bond acceptors (Lipinski definition) is 6. The number of rotatable bonds is 17. The maximum Gasteiger partial charge on any atom is 0.326 e. The van der Waals surface area contributed by atoms with Crippen LogP contribution in [0.4, 0.5) is 10.1 Å². The number of carbonyl (C=O) groups excluding carboxylic acids is 3. The summed E-state index contributed by atoms with van der Waals surface area (Å²) in [5.74, 6) is -2.46. The molecule has 0 fully saturated rings. The molecule has 2 amide bonds. The molecule has 1 unspecified atom stereocenters. The Labute approximate surface area is 279 Å². The number of unbranched alkanes of at least 4 members (excludes halogenated alkanes) is 4. The van der Waals surface area contributed by atoms with Crippen LogP contribution < -0.4 is 15.4 Å². The van der Waals surface area contributed by atoms with Crippen LogP contribution in [0.2, 0.25) is 0 Å². The molecular weight excluding hydrogens is 615 g/mol. The highest BCUT2D eigenvalue weighted by Gasteiger charge is 2.23. The number of carboxylic acid groups (broad SMARTS) is 1. The van der Waals surface area contributed by atoms with Crippen LogP contribution in [0.15, 0.2) is 96.8 Å². The maximum atomic E-state index is 13.8. The van der Waals surface area contributed by atoms with Crippen LogP contribution in [0.3, 0.4) is 0 Å². The lowest BCUT2D eigenvalue weighted by Gasteiger charge is -2.17. The summed E-state index contributed by atoms with van der Waals surface area (Å²) in [6.07, 6.45) is 11.6. The highest BCUT2D eigenvalue weighted by molar-refractivity contribution is 5.98. The van der Waals surface area contributed by atoms with Gasteiger partial charge in [-0.2, -0.15) is 0 Å². The fourth-order valence-electron chi connectivity index (χ4n) is 5.07. The fraction of sp³-hybridized carbons (Fsp3) is 0.316. The Morgan fingerprint density at radius 1 is 0.938 bits per heavy atom. The van der Waals surface area contributed by atoms with E-state index in [1.54, 1.807) is 48.6 Å². The number of benzene rings is 3. The zero-order valence-electron chi connectivity index (χ0n) is 27.0. The van der Waals surface area contributed by atoms with Crippen LogP contribution in [0.5, 0.6) is 5.75 Å². The van der Waals surface area contributed by atoms with Gasteiger partial charge in [-0.05, 0) is 78.6 Å². The van der Waals surface area contributed by atoms with Gasteiger partial charge in [0.25, 0.3) is 5.91 Å². The second kappa shape index (κ2) is 18.2. The molecule has 48 heavy (non-hydrogen) atoms. The molecule has 0 aliphatic heterocycles. The Kier molecular flexibility index (Phi) is 13.5. The first-order chi connectivity index (χ1) is 23.2. The zero-order chi connectivity index (χ0) is 34.3. The summed E-state index contributed by atoms with van der Waals surface area (Å²) < 4.78 is 25.2. The Balaban J connectivity index is 1.22. The molecule has 0 radical (unpaired) electrons. The highest BCUT2D eigenvalue weighted by atomic mass is 19.1. The van der Waals surface area contributed by atoms with Crippen molar-refractivity contribution in [2.24, 2.45) is 5.92 Å². The van der Waals surface area contributed by atoms with Gasteiger partial charge in [0.05, 0.1) is 18.9 Å². The van der Waals surface area contributed by atoms with Gasteiger partial charge < -0.3 is 25.2 Å². The number of halogens is 1. The number of nitrogens with one attached hydrogen (secondary N) is 2. The lowest BCUT2D eigenvalue weighted by molar-refractivity contribution is -0.139. The van der Waals surface area contributed by atoms with E-state index >= 15 is 0 Å². The monoisotopic (exact) mass is 656 g/mol. The Bertz CT molecular complexity index is 1620. The molecule has 0 saturated heterocycles. The van der Waals surface area contributed by atoms with Crippen LogP contribution in [0.1, 0.15) is 66.9 Å². The molecule has 3 aromatic carbocycles. The Hall–Kier alpha value is -5.25. The van der Waals surface area contributed by atoms with Crippen molar-refractivity contribution in [3.05, 3.63) is 119 Å². The van der Waals surface area contributed by atoms with E-state index in [1.807, 2.05) is 6.08 Å². The van der Waals surface area contributed by atoms with Crippen LogP contribution in [0, 0.1) is 11.7 Å². The second-order valence-corrected chi connectivity index (χ2v) is 11.6. The van der Waals surface area contributed by atoms with E-state index in [1.165, 1.54) is 55.7 Å². The van der Waals surface area contributed by atoms with Crippen molar-refractivity contribution in [3.63, 3.8) is 0 Å². The van der Waals surface area contributed by atoms with Crippen molar-refractivity contribution in [2.75, 3.05) is 11.9 Å². The van der Waals surface area contributed by atoms with Gasteiger partial charge in [-0.3, -0.25) is 14.4 Å². The predicted molar refractivity (Wildman–Crippen MR) is 180 cm³/mol. The summed E-state index contributed by atoms with van der Waals surface area (Å²) in [5, 5.41) is 14.9. The van der Waals surface area contributed by atoms with E-state index in [2.05, 4.69) is 17.6 Å². The first-order valence-electron chi connectivity index (χ1n) is 16.2. The molecule has 0 aromatic heterocycles. The Morgan fingerprint density at radius 3 is 2.33 bits per heavy atom. The number of anilines is 1. The number of carboxylic acids is 1. The number of esters is 1. The van der Waals surface area contributed by atoms with Crippen molar-refractivity contribution in [2.45, 2.75) is 64.3 Å². The van der Waals surface area contributed by atoms with Gasteiger partial charge in [-0.25, -0.2) is 9.18 Å². The molecule has 2 atom stereocenters. The van der Waals surface area contributed by atoms with Crippen LogP contribution in [-0.4, -0.2) is 41.5 Å². The normalized spacial score (nSPS) is 14.4. The molecule has 1 aliphatic carbocycles. The van der Waals surface area contributed by atoms with E-state index in [4.69, 9.17) is 9.47 Å². The van der Waals surface area contributed by atoms with Gasteiger partial charge >= 0.3 is 11.9 Å². The summed E-state index contributed by atoms with van der Waals surface area (Å²) in [5.41, 5.74) is 1.48. The molecule has 9 nitrogen and oxygen atoms in total. The third kappa shape index (κ3) is 11.2. The minimum atomic E-state index is -1.22. The van der Waals surface area contributed by atoms with E-state index in [0.717, 1.165) is 18.6 Å². The number of hydrogen-bond donors (Lipinski definition) is 3. The largest absolute Gasteiger partial charge is 0.494 e. The second-order valence-electron chi connectivity index (χ2n) is 11.6. The van der Waals surface area contributed by atoms with Crippen molar-refractivity contribution >= 4 is 29.4 Å². The van der Waals surface area contributed by atoms with E-state index in [-0.39, 0.29) is 24.0 Å². The average molecular weight is 657 g/mol. The number of allylic oxidation sites excluding steroid dienone is 2. The molecule has 0 heterocycles. The lowest BCUT2D eigenvalue weighted by Crippen LogP contribution is -2.42. The molecule has 0 bridgehead atoms. The highest BCUT2D eigenvalue weighted by Crippen LogP contribution is 2.22. The van der Waals surface area contributed by atoms with Crippen molar-refractivity contribution < 1.29 is 38.1 Å². The summed E-state index contributed by atoms with van der Waals surface area (Å²) in [7, 11) is 0. The first kappa shape index (κ1) is 35.6. The van der Waals surface area contributed by atoms with Crippen LogP contribution in [0.25, 0.3) is 0 Å². The Morgan fingerprint density at radius 2 is 1.67 bits per heavy atom. The third-order valence-corrected chi connectivity index (χ3v) is 7.81. The molecule has 10 heteroatoms. The van der Waals surface area contributed by atoms with Gasteiger partial charge in [-0.15, -0.1) is 0 Å². The summed E-state index contributed by atoms with van der Waals surface area (Å²) in [6, 6.07) is 17.2. The fourth-order valence-corrected chi connectivity index (χ4v) is 5.07. The minimum Gasteiger partial charge on any atom is -0.494 e. The molecule has 0 spiro atoms. The summed E-state index contributed by atoms with van der Waals surface area (Å²) >= 11 is 0. The van der Waals surface area contributed by atoms with Gasteiger partial charge in [0.1, 0.15) is 23.4 Å².